The molecule has 3 aliphatic rings. The van der Waals surface area contributed by atoms with Gasteiger partial charge in [0.05, 0.1) is 36.0 Å². The predicted molar refractivity (Wildman–Crippen MR) is 165 cm³/mol. The normalized spacial score (nSPS) is 22.9. The average Bonchev–Trinajstić information content (AvgIpc) is 3.89. The van der Waals surface area contributed by atoms with Crippen LogP contribution in [0.5, 0.6) is 0 Å². The Balaban J connectivity index is 1.51. The van der Waals surface area contributed by atoms with Gasteiger partial charge in [0.1, 0.15) is 18.0 Å². The fraction of sp³-hybridized carbons (Fsp3) is 0.375. The molecule has 232 valence electrons. The molecule has 1 aliphatic heterocycles. The second kappa shape index (κ2) is 12.3. The van der Waals surface area contributed by atoms with E-state index in [1.165, 1.54) is 18.2 Å². The number of hydrogen-bond donors (Lipinski definition) is 1. The Kier molecular flexibility index (Phi) is 8.63. The van der Waals surface area contributed by atoms with Gasteiger partial charge in [-0.25, -0.2) is 12.8 Å². The SMILES string of the molecule is O=C(O)CC1OC(c2cccc(Cl)c2)C(c2ccc(Cl)cc2)N(C(CN(c2ccccc2F)S(=O)(=O)C2CC2)C2CC2)C1=O. The third-order valence-corrected chi connectivity index (χ3v) is 11.2. The second-order valence-electron chi connectivity index (χ2n) is 11.6. The quantitative estimate of drug-likeness (QED) is 0.255. The lowest BCUT2D eigenvalue weighted by Crippen LogP contribution is -2.59. The summed E-state index contributed by atoms with van der Waals surface area (Å²) in [4.78, 5) is 27.9. The molecule has 4 unspecified atom stereocenters. The van der Waals surface area contributed by atoms with Gasteiger partial charge < -0.3 is 14.7 Å². The first kappa shape index (κ1) is 30.8. The van der Waals surface area contributed by atoms with Gasteiger partial charge in [0.25, 0.3) is 5.91 Å². The van der Waals surface area contributed by atoms with E-state index in [1.54, 1.807) is 59.5 Å². The fourth-order valence-corrected chi connectivity index (χ4v) is 8.22. The summed E-state index contributed by atoms with van der Waals surface area (Å²) in [6.45, 7) is -0.192. The highest BCUT2D eigenvalue weighted by Crippen LogP contribution is 2.49. The minimum Gasteiger partial charge on any atom is -0.481 e. The molecule has 2 saturated carbocycles. The number of nitrogens with zero attached hydrogens (tertiary/aromatic N) is 2. The largest absolute Gasteiger partial charge is 0.481 e. The molecule has 1 heterocycles. The number of anilines is 1. The van der Waals surface area contributed by atoms with E-state index in [1.807, 2.05) is 0 Å². The van der Waals surface area contributed by atoms with E-state index >= 15 is 4.39 Å². The summed E-state index contributed by atoms with van der Waals surface area (Å²) in [5, 5.41) is 10.0. The minimum atomic E-state index is -3.96. The van der Waals surface area contributed by atoms with Crippen LogP contribution >= 0.6 is 23.2 Å². The van der Waals surface area contributed by atoms with Crippen LogP contribution in [0.4, 0.5) is 10.1 Å². The van der Waals surface area contributed by atoms with Crippen LogP contribution in [0.1, 0.15) is 55.4 Å². The van der Waals surface area contributed by atoms with Crippen LogP contribution in [0.2, 0.25) is 10.0 Å². The predicted octanol–water partition coefficient (Wildman–Crippen LogP) is 6.39. The first-order valence-corrected chi connectivity index (χ1v) is 16.8. The number of carbonyl (C=O) groups is 2. The van der Waals surface area contributed by atoms with E-state index in [4.69, 9.17) is 27.9 Å². The van der Waals surface area contributed by atoms with Gasteiger partial charge in [-0.2, -0.15) is 0 Å². The average molecular weight is 662 g/mol. The van der Waals surface area contributed by atoms with Crippen molar-refractivity contribution in [3.05, 3.63) is 99.8 Å². The number of amides is 1. The number of carboxylic acid groups (broad SMARTS) is 1. The Labute approximate surface area is 265 Å². The maximum atomic E-state index is 15.2. The summed E-state index contributed by atoms with van der Waals surface area (Å²) in [5.41, 5.74) is 1.20. The molecule has 2 aliphatic carbocycles. The molecule has 4 atom stereocenters. The van der Waals surface area contributed by atoms with Crippen LogP contribution in [0.25, 0.3) is 0 Å². The van der Waals surface area contributed by atoms with Crippen molar-refractivity contribution >= 4 is 50.8 Å². The van der Waals surface area contributed by atoms with Gasteiger partial charge in [-0.3, -0.25) is 13.9 Å². The first-order valence-electron chi connectivity index (χ1n) is 14.5. The van der Waals surface area contributed by atoms with Crippen LogP contribution in [0.15, 0.2) is 72.8 Å². The van der Waals surface area contributed by atoms with E-state index in [0.29, 0.717) is 34.0 Å². The number of carboxylic acids is 1. The van der Waals surface area contributed by atoms with Gasteiger partial charge in [-0.05, 0) is 79.1 Å². The van der Waals surface area contributed by atoms with Crippen molar-refractivity contribution in [2.45, 2.75) is 61.6 Å². The van der Waals surface area contributed by atoms with Crippen molar-refractivity contribution in [1.82, 2.24) is 4.90 Å². The minimum absolute atomic E-state index is 0.0812. The number of benzene rings is 3. The molecule has 8 nitrogen and oxygen atoms in total. The zero-order valence-corrected chi connectivity index (χ0v) is 25.9. The molecular formula is C32H31Cl2FN2O6S. The van der Waals surface area contributed by atoms with Crippen molar-refractivity contribution in [3.8, 4) is 0 Å². The topological polar surface area (TPSA) is 104 Å². The Morgan fingerprint density at radius 3 is 2.30 bits per heavy atom. The molecule has 0 aromatic heterocycles. The first-order chi connectivity index (χ1) is 21.0. The van der Waals surface area contributed by atoms with Crippen molar-refractivity contribution in [2.75, 3.05) is 10.8 Å². The second-order valence-corrected chi connectivity index (χ2v) is 14.6. The van der Waals surface area contributed by atoms with Crippen LogP contribution in [0, 0.1) is 11.7 Å². The lowest BCUT2D eigenvalue weighted by atomic mass is 9.89. The standard InChI is InChI=1S/C32H31Cl2FN2O6S/c33-22-12-10-20(11-13-22)30-31(21-4-3-5-23(34)16-21)43-28(17-29(38)39)32(40)37(30)27(19-8-9-19)18-36(44(41,42)24-14-15-24)26-7-2-1-6-25(26)35/h1-7,10-13,16,19,24,27-28,30-31H,8-9,14-15,17-18H2,(H,38,39). The molecule has 3 aromatic rings. The van der Waals surface area contributed by atoms with Gasteiger partial charge in [0, 0.05) is 10.0 Å². The van der Waals surface area contributed by atoms with Gasteiger partial charge in [0.2, 0.25) is 10.0 Å². The molecule has 0 spiro atoms. The molecule has 0 bridgehead atoms. The monoisotopic (exact) mass is 660 g/mol. The van der Waals surface area contributed by atoms with Gasteiger partial charge in [0.15, 0.2) is 0 Å². The summed E-state index contributed by atoms with van der Waals surface area (Å²) in [5.74, 6) is -2.57. The third-order valence-electron chi connectivity index (χ3n) is 8.43. The number of carbonyl (C=O) groups excluding carboxylic acids is 1. The molecule has 1 saturated heterocycles. The Bertz CT molecular complexity index is 1670. The van der Waals surface area contributed by atoms with E-state index in [2.05, 4.69) is 0 Å². The lowest BCUT2D eigenvalue weighted by molar-refractivity contribution is -0.183. The summed E-state index contributed by atoms with van der Waals surface area (Å²) in [6, 6.07) is 18.1. The number of morpholine rings is 1. The molecule has 12 heteroatoms. The molecule has 1 amide bonds. The van der Waals surface area contributed by atoms with E-state index < -0.39 is 63.7 Å². The summed E-state index contributed by atoms with van der Waals surface area (Å²) >= 11 is 12.6. The number of sulfonamides is 1. The maximum Gasteiger partial charge on any atom is 0.306 e. The maximum absolute atomic E-state index is 15.2. The van der Waals surface area contributed by atoms with Crippen LogP contribution in [-0.4, -0.2) is 54.2 Å². The summed E-state index contributed by atoms with van der Waals surface area (Å²) in [6.07, 6.45) is -0.380. The molecule has 6 rings (SSSR count). The van der Waals surface area contributed by atoms with Gasteiger partial charge in [-0.1, -0.05) is 59.6 Å². The Morgan fingerprint density at radius 2 is 1.68 bits per heavy atom. The molecule has 0 radical (unpaired) electrons. The molecule has 3 fully saturated rings. The van der Waals surface area contributed by atoms with Crippen molar-refractivity contribution in [3.63, 3.8) is 0 Å². The summed E-state index contributed by atoms with van der Waals surface area (Å²) in [7, 11) is -3.96. The Morgan fingerprint density at radius 1 is 0.977 bits per heavy atom. The summed E-state index contributed by atoms with van der Waals surface area (Å²) < 4.78 is 50.3. The molecule has 44 heavy (non-hydrogen) atoms. The number of halogens is 3. The van der Waals surface area contributed by atoms with Crippen molar-refractivity contribution in [2.24, 2.45) is 5.92 Å². The number of para-hydroxylation sites is 1. The zero-order chi connectivity index (χ0) is 31.2. The van der Waals surface area contributed by atoms with E-state index in [-0.39, 0.29) is 18.2 Å². The number of rotatable bonds is 11. The highest BCUT2D eigenvalue weighted by molar-refractivity contribution is 7.93. The lowest BCUT2D eigenvalue weighted by Gasteiger charge is -2.49. The zero-order valence-electron chi connectivity index (χ0n) is 23.6. The smallest absolute Gasteiger partial charge is 0.306 e. The van der Waals surface area contributed by atoms with Crippen LogP contribution in [-0.2, 0) is 24.3 Å². The van der Waals surface area contributed by atoms with Crippen molar-refractivity contribution in [1.29, 1.82) is 0 Å². The van der Waals surface area contributed by atoms with Crippen LogP contribution in [0.3, 0.4) is 0 Å². The Hall–Kier alpha value is -3.18. The highest BCUT2D eigenvalue weighted by Gasteiger charge is 2.52. The number of aliphatic carboxylic acids is 1. The van der Waals surface area contributed by atoms with Gasteiger partial charge >= 0.3 is 5.97 Å². The number of hydrogen-bond acceptors (Lipinski definition) is 5. The fourth-order valence-electron chi connectivity index (χ4n) is 6.02. The third kappa shape index (κ3) is 6.31. The molecular weight excluding hydrogens is 630 g/mol. The highest BCUT2D eigenvalue weighted by atomic mass is 35.5. The van der Waals surface area contributed by atoms with E-state index in [9.17, 15) is 23.1 Å². The van der Waals surface area contributed by atoms with Gasteiger partial charge in [-0.15, -0.1) is 0 Å². The van der Waals surface area contributed by atoms with Crippen molar-refractivity contribution < 1.29 is 32.2 Å². The van der Waals surface area contributed by atoms with Crippen LogP contribution < -0.4 is 4.31 Å². The molecule has 3 aromatic carbocycles. The molecule has 1 N–H and O–H groups in total. The number of ether oxygens (including phenoxy) is 1. The van der Waals surface area contributed by atoms with E-state index in [0.717, 1.165) is 17.1 Å².